The van der Waals surface area contributed by atoms with E-state index < -0.39 is 6.61 Å². The monoisotopic (exact) mass is 215 g/mol. The van der Waals surface area contributed by atoms with Gasteiger partial charge in [-0.25, -0.2) is 0 Å². The van der Waals surface area contributed by atoms with Crippen molar-refractivity contribution in [2.75, 3.05) is 0 Å². The molecule has 1 aromatic rings. The number of aryl methyl sites for hydroxylation is 1. The third-order valence-corrected chi connectivity index (χ3v) is 2.03. The molecular formula is C11H15F2NO. The van der Waals surface area contributed by atoms with Crippen molar-refractivity contribution in [3.05, 3.63) is 23.5 Å². The Bertz CT molecular complexity index is 345. The largest absolute Gasteiger partial charge is 0.433 e. The maximum absolute atomic E-state index is 12.1. The van der Waals surface area contributed by atoms with Crippen LogP contribution in [0.1, 0.15) is 32.0 Å². The zero-order chi connectivity index (χ0) is 11.6. The van der Waals surface area contributed by atoms with Gasteiger partial charge in [0.15, 0.2) is 0 Å². The number of alkyl halides is 2. The fraction of sp³-hybridized carbons (Fsp3) is 0.545. The maximum Gasteiger partial charge on any atom is 0.387 e. The minimum atomic E-state index is -2.81. The molecule has 0 bridgehead atoms. The third-order valence-electron chi connectivity index (χ3n) is 2.03. The fourth-order valence-corrected chi connectivity index (χ4v) is 1.32. The van der Waals surface area contributed by atoms with Crippen LogP contribution >= 0.6 is 0 Å². The van der Waals surface area contributed by atoms with Gasteiger partial charge in [0.25, 0.3) is 0 Å². The van der Waals surface area contributed by atoms with Crippen LogP contribution in [0.4, 0.5) is 8.78 Å². The molecule has 0 unspecified atom stereocenters. The molecule has 4 heteroatoms. The number of rotatable bonds is 2. The molecule has 0 spiro atoms. The lowest BCUT2D eigenvalue weighted by Gasteiger charge is -2.22. The van der Waals surface area contributed by atoms with Crippen LogP contribution in [0.5, 0.6) is 5.75 Å². The Labute approximate surface area is 88.3 Å². The number of hydrogen-bond donors (Lipinski definition) is 0. The summed E-state index contributed by atoms with van der Waals surface area (Å²) in [4.78, 5) is 3.95. The molecule has 0 saturated carbocycles. The van der Waals surface area contributed by atoms with E-state index in [1.165, 1.54) is 6.20 Å². The quantitative estimate of drug-likeness (QED) is 0.755. The normalized spacial score (nSPS) is 11.9. The summed E-state index contributed by atoms with van der Waals surface area (Å²) < 4.78 is 28.7. The second-order valence-corrected chi connectivity index (χ2v) is 4.45. The highest BCUT2D eigenvalue weighted by Crippen LogP contribution is 2.31. The van der Waals surface area contributed by atoms with Gasteiger partial charge >= 0.3 is 6.61 Å². The Hall–Kier alpha value is -1.19. The van der Waals surface area contributed by atoms with Crippen molar-refractivity contribution in [1.29, 1.82) is 0 Å². The van der Waals surface area contributed by atoms with E-state index in [2.05, 4.69) is 9.72 Å². The fourth-order valence-electron chi connectivity index (χ4n) is 1.32. The zero-order valence-electron chi connectivity index (χ0n) is 9.34. The van der Waals surface area contributed by atoms with Crippen LogP contribution in [0.15, 0.2) is 12.3 Å². The van der Waals surface area contributed by atoms with Crippen LogP contribution in [0, 0.1) is 6.92 Å². The molecule has 1 aromatic heterocycles. The number of halogens is 2. The van der Waals surface area contributed by atoms with E-state index in [1.54, 1.807) is 6.07 Å². The van der Waals surface area contributed by atoms with Gasteiger partial charge in [0, 0.05) is 11.3 Å². The van der Waals surface area contributed by atoms with E-state index in [1.807, 2.05) is 27.7 Å². The summed E-state index contributed by atoms with van der Waals surface area (Å²) in [6.07, 6.45) is 1.35. The molecule has 0 N–H and O–H groups in total. The van der Waals surface area contributed by atoms with Gasteiger partial charge < -0.3 is 4.74 Å². The van der Waals surface area contributed by atoms with Crippen LogP contribution < -0.4 is 4.74 Å². The first-order valence-electron chi connectivity index (χ1n) is 4.72. The first kappa shape index (κ1) is 11.9. The molecule has 0 aliphatic heterocycles. The number of ether oxygens (including phenoxy) is 1. The first-order valence-corrected chi connectivity index (χ1v) is 4.72. The first-order chi connectivity index (χ1) is 6.80. The summed E-state index contributed by atoms with van der Waals surface area (Å²) in [7, 11) is 0. The Kier molecular flexibility index (Phi) is 3.27. The van der Waals surface area contributed by atoms with Gasteiger partial charge in [0.05, 0.1) is 6.20 Å². The molecule has 0 amide bonds. The molecule has 0 fully saturated rings. The lowest BCUT2D eigenvalue weighted by molar-refractivity contribution is -0.0511. The van der Waals surface area contributed by atoms with Crippen LogP contribution in [0.2, 0.25) is 0 Å². The van der Waals surface area contributed by atoms with Crippen molar-refractivity contribution in [3.8, 4) is 5.75 Å². The standard InChI is InChI=1S/C11H15F2NO/c1-7-5-8(11(2,3)4)9(6-14-7)15-10(12)13/h5-6,10H,1-4H3. The lowest BCUT2D eigenvalue weighted by atomic mass is 9.86. The van der Waals surface area contributed by atoms with Gasteiger partial charge in [-0.2, -0.15) is 8.78 Å². The Balaban J connectivity index is 3.15. The molecule has 0 atom stereocenters. The van der Waals surface area contributed by atoms with Crippen molar-refractivity contribution in [3.63, 3.8) is 0 Å². The van der Waals surface area contributed by atoms with Gasteiger partial charge in [-0.05, 0) is 18.4 Å². The lowest BCUT2D eigenvalue weighted by Crippen LogP contribution is -2.15. The molecular weight excluding hydrogens is 200 g/mol. The van der Waals surface area contributed by atoms with Gasteiger partial charge in [-0.15, -0.1) is 0 Å². The van der Waals surface area contributed by atoms with E-state index in [-0.39, 0.29) is 11.2 Å². The number of aromatic nitrogens is 1. The Morgan fingerprint density at radius 1 is 1.33 bits per heavy atom. The SMILES string of the molecule is Cc1cc(C(C)(C)C)c(OC(F)F)cn1. The molecule has 0 aromatic carbocycles. The van der Waals surface area contributed by atoms with Gasteiger partial charge in [0.2, 0.25) is 0 Å². The summed E-state index contributed by atoms with van der Waals surface area (Å²) in [6, 6.07) is 1.78. The molecule has 15 heavy (non-hydrogen) atoms. The number of pyridine rings is 1. The van der Waals surface area contributed by atoms with Crippen LogP contribution in [0.3, 0.4) is 0 Å². The van der Waals surface area contributed by atoms with Crippen molar-refractivity contribution in [2.45, 2.75) is 39.7 Å². The molecule has 0 saturated heterocycles. The van der Waals surface area contributed by atoms with E-state index in [0.29, 0.717) is 0 Å². The summed E-state index contributed by atoms with van der Waals surface area (Å²) in [5.74, 6) is 0.156. The second kappa shape index (κ2) is 4.13. The van der Waals surface area contributed by atoms with Crippen LogP contribution in [-0.4, -0.2) is 11.6 Å². The second-order valence-electron chi connectivity index (χ2n) is 4.45. The summed E-state index contributed by atoms with van der Waals surface area (Å²) in [6.45, 7) is 4.84. The average Bonchev–Trinajstić information content (AvgIpc) is 2.05. The summed E-state index contributed by atoms with van der Waals surface area (Å²) in [5.41, 5.74) is 1.30. The van der Waals surface area contributed by atoms with Gasteiger partial charge in [-0.3, -0.25) is 4.98 Å². The maximum atomic E-state index is 12.1. The highest BCUT2D eigenvalue weighted by atomic mass is 19.3. The topological polar surface area (TPSA) is 22.1 Å². The van der Waals surface area contributed by atoms with E-state index >= 15 is 0 Å². The predicted octanol–water partition coefficient (Wildman–Crippen LogP) is 3.29. The van der Waals surface area contributed by atoms with Gasteiger partial charge in [-0.1, -0.05) is 20.8 Å². The highest BCUT2D eigenvalue weighted by molar-refractivity contribution is 5.37. The molecule has 1 heterocycles. The third kappa shape index (κ3) is 3.15. The molecule has 0 aliphatic rings. The Morgan fingerprint density at radius 2 is 1.93 bits per heavy atom. The van der Waals surface area contributed by atoms with E-state index in [9.17, 15) is 8.78 Å². The molecule has 0 aliphatic carbocycles. The van der Waals surface area contributed by atoms with Crippen LogP contribution in [-0.2, 0) is 5.41 Å². The van der Waals surface area contributed by atoms with Crippen molar-refractivity contribution >= 4 is 0 Å². The van der Waals surface area contributed by atoms with E-state index in [0.717, 1.165) is 11.3 Å². The van der Waals surface area contributed by atoms with E-state index in [4.69, 9.17) is 0 Å². The molecule has 1 rings (SSSR count). The molecule has 84 valence electrons. The number of hydrogen-bond acceptors (Lipinski definition) is 2. The predicted molar refractivity (Wildman–Crippen MR) is 54.3 cm³/mol. The van der Waals surface area contributed by atoms with Crippen molar-refractivity contribution < 1.29 is 13.5 Å². The minimum Gasteiger partial charge on any atom is -0.433 e. The Morgan fingerprint density at radius 3 is 2.40 bits per heavy atom. The minimum absolute atomic E-state index is 0.156. The smallest absolute Gasteiger partial charge is 0.387 e. The molecule has 2 nitrogen and oxygen atoms in total. The average molecular weight is 215 g/mol. The number of nitrogens with zero attached hydrogens (tertiary/aromatic N) is 1. The van der Waals surface area contributed by atoms with Crippen LogP contribution in [0.25, 0.3) is 0 Å². The van der Waals surface area contributed by atoms with Crippen molar-refractivity contribution in [2.24, 2.45) is 0 Å². The highest BCUT2D eigenvalue weighted by Gasteiger charge is 2.21. The zero-order valence-corrected chi connectivity index (χ0v) is 9.34. The summed E-state index contributed by atoms with van der Waals surface area (Å²) >= 11 is 0. The van der Waals surface area contributed by atoms with Crippen molar-refractivity contribution in [1.82, 2.24) is 4.98 Å². The molecule has 0 radical (unpaired) electrons. The van der Waals surface area contributed by atoms with Gasteiger partial charge in [0.1, 0.15) is 5.75 Å². The summed E-state index contributed by atoms with van der Waals surface area (Å²) in [5, 5.41) is 0.